The molecule has 0 fully saturated rings. The van der Waals surface area contributed by atoms with Crippen molar-refractivity contribution in [1.29, 1.82) is 0 Å². The minimum absolute atomic E-state index is 0. The maximum Gasteiger partial charge on any atom is 0.331 e. The number of para-hydroxylation sites is 2. The molecule has 129 heavy (non-hydrogen) atoms. The highest BCUT2D eigenvalue weighted by Crippen LogP contribution is 2.46. The topological polar surface area (TPSA) is 392 Å². The van der Waals surface area contributed by atoms with Crippen LogP contribution in [0.2, 0.25) is 15.9 Å². The van der Waals surface area contributed by atoms with Crippen molar-refractivity contribution in [2.45, 2.75) is 244 Å². The van der Waals surface area contributed by atoms with Crippen LogP contribution in [0.4, 0.5) is 63.3 Å². The number of hydrogen-bond donors (Lipinski definition) is 4. The standard InChI is InChI=1S/C26H29N7O.C19H23ClN4O.C14H21ClN4O4.C14H20ClN3O.C10H21NO2.C5H11NO2.C5H10O.ClH/c1-17(2)12-13-32-23-22(33(24(34)26(32,3)4)20-8-6-5-7-9-20)16-27-25(30-23)29-19-10-11-21-18(14-19)15-28-31-21;1-13(2)10-11-23-16-15(12-21-18(20)22-16)24(17(25)19(23,3)4)14-8-6-5-7-9-14;1-9(2)6-7-18(14(3,4)12(20)23-5)11-10(19(21)22)8-16-13(15)17-11;1-9(2)5-6-18-12-10(8-16-13(15)17-12)7-11(19)14(18,3)4;1-8(2)6-7-11-10(3,4)9(12)13-5;1-5(2,6)4(7)8-3;1-5(2)3-4-6;/h5-11,14-17H,12-13H2,1-4H3,(H,28,31)(H,27,29,30);5-9,12-13H,10-11H2,1-4H3;8-9H,6-7H2,1-5H3;8-9H,5-7H2,1-4H3;8,11H,6-7H2,1-5H3;6H2,1-3H3;4-5H,3H2,1-2H3;1H. The summed E-state index contributed by atoms with van der Waals surface area (Å²) in [6.45, 7) is 50.8. The smallest absolute Gasteiger partial charge is 0.331 e. The number of ketones is 1. The highest BCUT2D eigenvalue weighted by atomic mass is 35.5. The van der Waals surface area contributed by atoms with Gasteiger partial charge >= 0.3 is 23.6 Å². The molecule has 0 spiro atoms. The molecule has 708 valence electrons. The lowest BCUT2D eigenvalue weighted by Crippen LogP contribution is -2.59. The van der Waals surface area contributed by atoms with E-state index in [1.807, 2.05) is 162 Å². The molecule has 0 radical (unpaired) electrons. The van der Waals surface area contributed by atoms with Gasteiger partial charge in [-0.3, -0.25) is 49.0 Å². The predicted octanol–water partition coefficient (Wildman–Crippen LogP) is 18.7. The Hall–Kier alpha value is -10.4. The zero-order chi connectivity index (χ0) is 96.3. The van der Waals surface area contributed by atoms with Crippen molar-refractivity contribution < 1.29 is 52.7 Å². The van der Waals surface area contributed by atoms with Gasteiger partial charge in [-0.05, 0) is 235 Å². The van der Waals surface area contributed by atoms with E-state index in [-0.39, 0.29) is 63.3 Å². The highest BCUT2D eigenvalue weighted by Gasteiger charge is 2.49. The van der Waals surface area contributed by atoms with Gasteiger partial charge in [0, 0.05) is 73.2 Å². The molecule has 32 nitrogen and oxygen atoms in total. The molecule has 0 aliphatic carbocycles. The fraction of sp³-hybridized carbons (Fsp3) is 0.548. The predicted molar refractivity (Wildman–Crippen MR) is 517 cm³/mol. The molecule has 3 aliphatic rings. The fourth-order valence-corrected chi connectivity index (χ4v) is 13.6. The molecule has 3 aliphatic heterocycles. The lowest BCUT2D eigenvalue weighted by molar-refractivity contribution is -0.384. The molecular weight excluding hydrogens is 1730 g/mol. The first-order valence-electron chi connectivity index (χ1n) is 43.2. The number of carbonyl (C=O) groups is 7. The second-order valence-corrected chi connectivity index (χ2v) is 38.0. The Morgan fingerprint density at radius 1 is 0.574 bits per heavy atom. The first-order chi connectivity index (χ1) is 59.7. The number of esters is 3. The van der Waals surface area contributed by atoms with Crippen molar-refractivity contribution in [2.24, 2.45) is 41.2 Å². The van der Waals surface area contributed by atoms with Crippen LogP contribution < -0.4 is 45.8 Å². The van der Waals surface area contributed by atoms with E-state index in [9.17, 15) is 43.7 Å². The van der Waals surface area contributed by atoms with Crippen LogP contribution in [0.25, 0.3) is 10.9 Å². The number of Topliss-reactive ketones (excluding diaryl/α,β-unsaturated/α-hetero) is 1. The summed E-state index contributed by atoms with van der Waals surface area (Å²) in [5, 5.41) is 26.1. The molecule has 2 amide bonds. The molecule has 0 saturated carbocycles. The first kappa shape index (κ1) is 111. The van der Waals surface area contributed by atoms with Crippen LogP contribution in [0.5, 0.6) is 0 Å². The summed E-state index contributed by atoms with van der Waals surface area (Å²) in [4.78, 5) is 139. The van der Waals surface area contributed by atoms with Crippen LogP contribution in [-0.4, -0.2) is 184 Å². The van der Waals surface area contributed by atoms with Gasteiger partial charge in [-0.2, -0.15) is 20.1 Å². The number of methoxy groups -OCH3 is 3. The van der Waals surface area contributed by atoms with E-state index in [0.717, 1.165) is 110 Å². The Labute approximate surface area is 782 Å². The third-order valence-corrected chi connectivity index (χ3v) is 21.8. The maximum atomic E-state index is 13.7. The molecule has 0 bridgehead atoms. The summed E-state index contributed by atoms with van der Waals surface area (Å²) >= 11 is 17.8. The molecule has 5 N–H and O–H groups in total. The van der Waals surface area contributed by atoms with E-state index < -0.39 is 50.1 Å². The van der Waals surface area contributed by atoms with Gasteiger partial charge in [0.05, 0.1) is 55.9 Å². The van der Waals surface area contributed by atoms with E-state index >= 15 is 0 Å². The molecule has 0 unspecified atom stereocenters. The molecule has 11 rings (SSSR count). The lowest BCUT2D eigenvalue weighted by atomic mass is 9.87. The average Bonchev–Trinajstić information content (AvgIpc) is 0.817. The zero-order valence-corrected chi connectivity index (χ0v) is 83.2. The molecule has 5 aromatic heterocycles. The van der Waals surface area contributed by atoms with E-state index in [4.69, 9.17) is 50.3 Å². The van der Waals surface area contributed by atoms with Gasteiger partial charge < -0.3 is 55.0 Å². The number of aromatic nitrogens is 10. The van der Waals surface area contributed by atoms with Crippen LogP contribution in [-0.2, 0) is 54.2 Å². The number of aldehydes is 1. The summed E-state index contributed by atoms with van der Waals surface area (Å²) in [5.74, 6) is 4.95. The summed E-state index contributed by atoms with van der Waals surface area (Å²) < 4.78 is 13.8. The summed E-state index contributed by atoms with van der Waals surface area (Å²) in [5.41, 5.74) is 6.10. The van der Waals surface area contributed by atoms with Gasteiger partial charge in [-0.25, -0.2) is 29.7 Å². The fourth-order valence-electron chi connectivity index (χ4n) is 13.2. The number of anilines is 10. The molecule has 8 aromatic rings. The molecule has 0 saturated heterocycles. The Kier molecular flexibility index (Phi) is 42.6. The highest BCUT2D eigenvalue weighted by molar-refractivity contribution is 6.29. The summed E-state index contributed by atoms with van der Waals surface area (Å²) in [6.07, 6.45) is 14.6. The van der Waals surface area contributed by atoms with Crippen LogP contribution >= 0.6 is 47.2 Å². The first-order valence-corrected chi connectivity index (χ1v) is 44.3. The van der Waals surface area contributed by atoms with Crippen molar-refractivity contribution in [3.63, 3.8) is 0 Å². The summed E-state index contributed by atoms with van der Waals surface area (Å²) in [7, 11) is 4.00. The van der Waals surface area contributed by atoms with Crippen molar-refractivity contribution in [3.8, 4) is 0 Å². The SMILES string of the molecule is CC(C)CC=O.CC(C)CCN1c2nc(Cl)ncc2CC(=O)C1(C)C.CC(C)CCN1c2nc(Cl)ncc2N(c2ccccc2)C(=O)C1(C)C.CC(C)CCN1c2nc(Nc3ccc4[nH]ncc4c3)ncc2N(c2ccccc2)C(=O)C1(C)C.COC(=O)C(C)(C)N.COC(=O)C(C)(C)N(CCC(C)C)c1nc(Cl)ncc1[N+](=O)[O-].COC(=O)C(C)(C)NCCC(C)C.Cl. The minimum Gasteiger partial charge on any atom is -0.468 e. The Morgan fingerprint density at radius 3 is 1.45 bits per heavy atom. The number of halogens is 4. The van der Waals surface area contributed by atoms with Gasteiger partial charge in [-0.15, -0.1) is 12.4 Å². The van der Waals surface area contributed by atoms with Gasteiger partial charge in [0.1, 0.15) is 57.4 Å². The minimum atomic E-state index is -1.15. The number of benzene rings is 3. The number of nitrogens with two attached hydrogens (primary N) is 1. The zero-order valence-electron chi connectivity index (χ0n) is 80.1. The molecular formula is C93H136Cl4N20O12. The number of rotatable bonds is 28. The van der Waals surface area contributed by atoms with Gasteiger partial charge in [0.15, 0.2) is 17.4 Å². The van der Waals surface area contributed by atoms with E-state index in [1.165, 1.54) is 21.3 Å². The van der Waals surface area contributed by atoms with Crippen LogP contribution in [0.3, 0.4) is 0 Å². The number of nitrogens with one attached hydrogen (secondary N) is 3. The normalized spacial score (nSPS) is 14.1. The number of ether oxygens (including phenoxy) is 3. The lowest BCUT2D eigenvalue weighted by Gasteiger charge is -2.47. The number of nitrogens with zero attached hydrogens (tertiary/aromatic N) is 16. The molecule has 8 heterocycles. The van der Waals surface area contributed by atoms with Crippen LogP contribution in [0.1, 0.15) is 210 Å². The summed E-state index contributed by atoms with van der Waals surface area (Å²) in [6, 6.07) is 25.2. The third kappa shape index (κ3) is 31.2. The molecule has 0 atom stereocenters. The second kappa shape index (κ2) is 49.6. The second-order valence-electron chi connectivity index (χ2n) is 37.0. The van der Waals surface area contributed by atoms with Gasteiger partial charge in [-0.1, -0.05) is 119 Å². The molecule has 36 heteroatoms. The van der Waals surface area contributed by atoms with Crippen LogP contribution in [0.15, 0.2) is 110 Å². The van der Waals surface area contributed by atoms with E-state index in [0.29, 0.717) is 84.5 Å². The number of amides is 2. The Bertz CT molecular complexity index is 4990. The van der Waals surface area contributed by atoms with E-state index in [1.54, 1.807) is 67.2 Å². The quantitative estimate of drug-likeness (QED) is 0.00883. The number of nitro groups is 1. The van der Waals surface area contributed by atoms with E-state index in [2.05, 4.69) is 135 Å². The number of fused-ring (bicyclic) bond motifs is 4. The monoisotopic (exact) mass is 1860 g/mol. The number of carbonyl (C=O) groups excluding carboxylic acids is 7. The molecule has 3 aromatic carbocycles. The van der Waals surface area contributed by atoms with Crippen molar-refractivity contribution in [3.05, 3.63) is 141 Å². The van der Waals surface area contributed by atoms with Crippen molar-refractivity contribution in [1.82, 2.24) is 55.4 Å². The number of hydrogen-bond acceptors (Lipinski definition) is 28. The van der Waals surface area contributed by atoms with Crippen LogP contribution in [0, 0.1) is 45.6 Å². The third-order valence-electron chi connectivity index (χ3n) is 21.3. The Balaban J connectivity index is 0.000000333. The Morgan fingerprint density at radius 2 is 1.02 bits per heavy atom. The number of H-pyrrole nitrogens is 1. The largest absolute Gasteiger partial charge is 0.468 e. The maximum absolute atomic E-state index is 13.7. The van der Waals surface area contributed by atoms with Gasteiger partial charge in [0.2, 0.25) is 27.6 Å². The average molecular weight is 1870 g/mol. The number of aromatic amines is 1. The van der Waals surface area contributed by atoms with Gasteiger partial charge in [0.25, 0.3) is 11.8 Å². The van der Waals surface area contributed by atoms with Crippen molar-refractivity contribution >= 4 is 163 Å². The van der Waals surface area contributed by atoms with Crippen molar-refractivity contribution in [2.75, 3.05) is 88.8 Å².